The number of imidazole rings is 1. The van der Waals surface area contributed by atoms with E-state index in [-0.39, 0.29) is 0 Å². The third-order valence-corrected chi connectivity index (χ3v) is 2.58. The Hall–Kier alpha value is -0.870. The summed E-state index contributed by atoms with van der Waals surface area (Å²) >= 11 is 0. The Morgan fingerprint density at radius 3 is 3.07 bits per heavy atom. The van der Waals surface area contributed by atoms with Crippen molar-refractivity contribution in [2.24, 2.45) is 5.41 Å². The molecule has 2 rings (SSSR count). The molecule has 0 unspecified atom stereocenters. The highest BCUT2D eigenvalue weighted by atomic mass is 16.5. The molecule has 1 aliphatic rings. The maximum Gasteiger partial charge on any atom is 0.0921 e. The second-order valence-electron chi connectivity index (χ2n) is 4.31. The zero-order valence-electron chi connectivity index (χ0n) is 8.55. The normalized spacial score (nSPS) is 19.2. The van der Waals surface area contributed by atoms with E-state index in [4.69, 9.17) is 4.74 Å². The highest BCUT2D eigenvalue weighted by molar-refractivity contribution is 4.94. The van der Waals surface area contributed by atoms with Gasteiger partial charge in [-0.05, 0) is 0 Å². The summed E-state index contributed by atoms with van der Waals surface area (Å²) in [6.45, 7) is 6.08. The van der Waals surface area contributed by atoms with E-state index in [1.54, 1.807) is 6.33 Å². The predicted molar refractivity (Wildman–Crippen MR) is 54.1 cm³/mol. The van der Waals surface area contributed by atoms with Crippen LogP contribution in [0.1, 0.15) is 12.6 Å². The number of nitrogens with zero attached hydrogens (tertiary/aromatic N) is 1. The van der Waals surface area contributed by atoms with Crippen molar-refractivity contribution in [1.82, 2.24) is 15.3 Å². The van der Waals surface area contributed by atoms with Crippen LogP contribution in [0.15, 0.2) is 12.5 Å². The molecule has 0 radical (unpaired) electrons. The van der Waals surface area contributed by atoms with Crippen molar-refractivity contribution in [3.63, 3.8) is 0 Å². The molecule has 1 aromatic heterocycles. The maximum atomic E-state index is 5.18. The van der Waals surface area contributed by atoms with Crippen molar-refractivity contribution >= 4 is 0 Å². The van der Waals surface area contributed by atoms with Crippen molar-refractivity contribution in [1.29, 1.82) is 0 Å². The van der Waals surface area contributed by atoms with Crippen molar-refractivity contribution in [2.45, 2.75) is 13.3 Å². The van der Waals surface area contributed by atoms with Crippen LogP contribution in [-0.2, 0) is 11.2 Å². The smallest absolute Gasteiger partial charge is 0.0921 e. The highest BCUT2D eigenvalue weighted by Gasteiger charge is 2.32. The van der Waals surface area contributed by atoms with E-state index in [1.807, 2.05) is 6.20 Å². The van der Waals surface area contributed by atoms with Gasteiger partial charge in [-0.2, -0.15) is 0 Å². The summed E-state index contributed by atoms with van der Waals surface area (Å²) in [6, 6.07) is 0. The zero-order chi connectivity index (χ0) is 9.86. The topological polar surface area (TPSA) is 49.9 Å². The molecule has 2 heterocycles. The number of rotatable bonds is 5. The lowest BCUT2D eigenvalue weighted by atomic mass is 9.89. The fraction of sp³-hybridized carbons (Fsp3) is 0.700. The number of aromatic nitrogens is 2. The largest absolute Gasteiger partial charge is 0.380 e. The van der Waals surface area contributed by atoms with Crippen molar-refractivity contribution in [2.75, 3.05) is 26.3 Å². The SMILES string of the molecule is CC1(CNCCc2cnc[nH]2)COC1. The summed E-state index contributed by atoms with van der Waals surface area (Å²) in [5.41, 5.74) is 1.56. The minimum atomic E-state index is 0.369. The molecule has 2 N–H and O–H groups in total. The van der Waals surface area contributed by atoms with E-state index in [9.17, 15) is 0 Å². The first-order valence-corrected chi connectivity index (χ1v) is 5.04. The Morgan fingerprint density at radius 2 is 2.50 bits per heavy atom. The van der Waals surface area contributed by atoms with Gasteiger partial charge in [-0.1, -0.05) is 6.92 Å². The number of ether oxygens (including phenoxy) is 1. The van der Waals surface area contributed by atoms with E-state index >= 15 is 0 Å². The van der Waals surface area contributed by atoms with Crippen LogP contribution in [0.25, 0.3) is 0 Å². The lowest BCUT2D eigenvalue weighted by Gasteiger charge is -2.38. The Labute approximate surface area is 84.1 Å². The molecule has 0 amide bonds. The quantitative estimate of drug-likeness (QED) is 0.676. The summed E-state index contributed by atoms with van der Waals surface area (Å²) in [7, 11) is 0. The fourth-order valence-electron chi connectivity index (χ4n) is 1.59. The zero-order valence-corrected chi connectivity index (χ0v) is 8.55. The van der Waals surface area contributed by atoms with Crippen LogP contribution < -0.4 is 5.32 Å². The second-order valence-corrected chi connectivity index (χ2v) is 4.31. The van der Waals surface area contributed by atoms with E-state index in [2.05, 4.69) is 22.2 Å². The van der Waals surface area contributed by atoms with Crippen LogP contribution in [0.3, 0.4) is 0 Å². The molecule has 0 saturated carbocycles. The minimum absolute atomic E-state index is 0.369. The summed E-state index contributed by atoms with van der Waals surface area (Å²) in [4.78, 5) is 7.06. The first kappa shape index (κ1) is 9.68. The third kappa shape index (κ3) is 2.33. The molecule has 4 nitrogen and oxygen atoms in total. The Morgan fingerprint density at radius 1 is 1.64 bits per heavy atom. The van der Waals surface area contributed by atoms with Crippen molar-refractivity contribution < 1.29 is 4.74 Å². The number of hydrogen-bond acceptors (Lipinski definition) is 3. The van der Waals surface area contributed by atoms with Crippen LogP contribution in [0.5, 0.6) is 0 Å². The van der Waals surface area contributed by atoms with Crippen molar-refractivity contribution in [3.05, 3.63) is 18.2 Å². The van der Waals surface area contributed by atoms with Gasteiger partial charge in [0, 0.05) is 36.8 Å². The first-order chi connectivity index (χ1) is 6.79. The molecule has 0 aromatic carbocycles. The Kier molecular flexibility index (Phi) is 2.84. The van der Waals surface area contributed by atoms with Gasteiger partial charge in [0.15, 0.2) is 0 Å². The number of aromatic amines is 1. The second kappa shape index (κ2) is 4.11. The van der Waals surface area contributed by atoms with E-state index in [1.165, 1.54) is 5.69 Å². The van der Waals surface area contributed by atoms with Crippen LogP contribution in [0, 0.1) is 5.41 Å². The minimum Gasteiger partial charge on any atom is -0.380 e. The Bertz CT molecular complexity index is 267. The van der Waals surface area contributed by atoms with Crippen LogP contribution in [0.2, 0.25) is 0 Å². The Balaban J connectivity index is 1.59. The third-order valence-electron chi connectivity index (χ3n) is 2.58. The molecule has 14 heavy (non-hydrogen) atoms. The predicted octanol–water partition coefficient (Wildman–Crippen LogP) is 0.578. The lowest BCUT2D eigenvalue weighted by Crippen LogP contribution is -2.47. The molecule has 4 heteroatoms. The van der Waals surface area contributed by atoms with Gasteiger partial charge in [-0.3, -0.25) is 0 Å². The van der Waals surface area contributed by atoms with Gasteiger partial charge in [0.05, 0.1) is 19.5 Å². The fourth-order valence-corrected chi connectivity index (χ4v) is 1.59. The summed E-state index contributed by atoms with van der Waals surface area (Å²) < 4.78 is 5.18. The van der Waals surface area contributed by atoms with Crippen LogP contribution in [0.4, 0.5) is 0 Å². The van der Waals surface area contributed by atoms with Gasteiger partial charge in [-0.15, -0.1) is 0 Å². The monoisotopic (exact) mass is 195 g/mol. The van der Waals surface area contributed by atoms with E-state index < -0.39 is 0 Å². The van der Waals surface area contributed by atoms with Gasteiger partial charge in [-0.25, -0.2) is 4.98 Å². The molecule has 78 valence electrons. The number of H-pyrrole nitrogens is 1. The summed E-state index contributed by atoms with van der Waals surface area (Å²) in [5, 5.41) is 3.44. The van der Waals surface area contributed by atoms with Gasteiger partial charge < -0.3 is 15.0 Å². The molecule has 1 aromatic rings. The molecule has 0 aliphatic carbocycles. The molecule has 0 spiro atoms. The molecular weight excluding hydrogens is 178 g/mol. The number of hydrogen-bond donors (Lipinski definition) is 2. The standard InChI is InChI=1S/C10H17N3O/c1-10(6-14-7-10)5-11-3-2-9-4-12-8-13-9/h4,8,11H,2-3,5-7H2,1H3,(H,12,13). The molecule has 1 saturated heterocycles. The lowest BCUT2D eigenvalue weighted by molar-refractivity contribution is -0.0988. The molecular formula is C10H17N3O. The summed E-state index contributed by atoms with van der Waals surface area (Å²) in [5.74, 6) is 0. The van der Waals surface area contributed by atoms with Gasteiger partial charge in [0.25, 0.3) is 0 Å². The van der Waals surface area contributed by atoms with Crippen LogP contribution in [-0.4, -0.2) is 36.3 Å². The molecule has 0 atom stereocenters. The maximum absolute atomic E-state index is 5.18. The number of nitrogens with one attached hydrogen (secondary N) is 2. The van der Waals surface area contributed by atoms with Crippen molar-refractivity contribution in [3.8, 4) is 0 Å². The van der Waals surface area contributed by atoms with Gasteiger partial charge in [0.2, 0.25) is 0 Å². The molecule has 1 aliphatic heterocycles. The van der Waals surface area contributed by atoms with Crippen LogP contribution >= 0.6 is 0 Å². The van der Waals surface area contributed by atoms with E-state index in [0.29, 0.717) is 5.41 Å². The average Bonchev–Trinajstić information content (AvgIpc) is 2.62. The first-order valence-electron chi connectivity index (χ1n) is 5.04. The summed E-state index contributed by atoms with van der Waals surface area (Å²) in [6.07, 6.45) is 4.60. The van der Waals surface area contributed by atoms with Gasteiger partial charge >= 0.3 is 0 Å². The average molecular weight is 195 g/mol. The molecule has 0 bridgehead atoms. The van der Waals surface area contributed by atoms with E-state index in [0.717, 1.165) is 32.7 Å². The highest BCUT2D eigenvalue weighted by Crippen LogP contribution is 2.24. The van der Waals surface area contributed by atoms with Gasteiger partial charge in [0.1, 0.15) is 0 Å². The molecule has 1 fully saturated rings.